The van der Waals surface area contributed by atoms with Crippen LogP contribution in [0.1, 0.15) is 33.2 Å². The monoisotopic (exact) mass is 355 g/mol. The molecule has 0 saturated carbocycles. The molecule has 6 heteroatoms. The van der Waals surface area contributed by atoms with E-state index in [9.17, 15) is 14.4 Å². The van der Waals surface area contributed by atoms with E-state index in [2.05, 4.69) is 0 Å². The predicted molar refractivity (Wildman–Crippen MR) is 94.8 cm³/mol. The van der Waals surface area contributed by atoms with E-state index in [0.29, 0.717) is 10.8 Å². The molecule has 1 aliphatic rings. The Balaban J connectivity index is 1.54. The van der Waals surface area contributed by atoms with Crippen LogP contribution in [0.3, 0.4) is 0 Å². The van der Waals surface area contributed by atoms with E-state index in [1.54, 1.807) is 43.0 Å². The van der Waals surface area contributed by atoms with Crippen molar-refractivity contribution < 1.29 is 19.2 Å². The van der Waals surface area contributed by atoms with Gasteiger partial charge in [-0.15, -0.1) is 0 Å². The summed E-state index contributed by atoms with van der Waals surface area (Å²) in [5.41, 5.74) is 1.69. The van der Waals surface area contributed by atoms with Crippen LogP contribution >= 0.6 is 11.8 Å². The van der Waals surface area contributed by atoms with Gasteiger partial charge in [-0.2, -0.15) is 11.8 Å². The first-order valence-corrected chi connectivity index (χ1v) is 9.04. The molecule has 0 bridgehead atoms. The largest absolute Gasteiger partial charge is 0.336 e. The lowest BCUT2D eigenvalue weighted by molar-refractivity contribution is -0.172. The molecular formula is C19H17NO4S. The molecule has 2 aromatic carbocycles. The number of carbonyl (C=O) groups is 3. The van der Waals surface area contributed by atoms with Crippen molar-refractivity contribution in [3.05, 3.63) is 71.3 Å². The maximum absolute atomic E-state index is 12.2. The molecule has 2 amide bonds. The Morgan fingerprint density at radius 2 is 1.56 bits per heavy atom. The third-order valence-corrected chi connectivity index (χ3v) is 5.09. The third kappa shape index (κ3) is 3.74. The van der Waals surface area contributed by atoms with E-state index in [0.717, 1.165) is 5.75 Å². The van der Waals surface area contributed by atoms with Crippen LogP contribution in [0, 0.1) is 5.92 Å². The second kappa shape index (κ2) is 7.53. The second-order valence-electron chi connectivity index (χ2n) is 5.76. The highest BCUT2D eigenvalue weighted by Crippen LogP contribution is 2.24. The Hall–Kier alpha value is -2.60. The van der Waals surface area contributed by atoms with Crippen molar-refractivity contribution >= 4 is 29.5 Å². The Bertz CT molecular complexity index is 771. The summed E-state index contributed by atoms with van der Waals surface area (Å²) in [5.74, 6) is -0.896. The summed E-state index contributed by atoms with van der Waals surface area (Å²) in [6, 6.07) is 16.4. The molecule has 3 rings (SSSR count). The molecule has 1 unspecified atom stereocenters. The standard InChI is InChI=1S/C19H17NO4S/c1-13(11-25-12-14-7-3-2-4-8-14)19(23)24-20-17(21)15-9-5-6-10-16(15)18(20)22/h2-10,13H,11-12H2,1H3. The number of hydrogen-bond donors (Lipinski definition) is 0. The van der Waals surface area contributed by atoms with Gasteiger partial charge in [0.15, 0.2) is 0 Å². The summed E-state index contributed by atoms with van der Waals surface area (Å²) in [7, 11) is 0. The van der Waals surface area contributed by atoms with Crippen LogP contribution in [0.15, 0.2) is 54.6 Å². The number of imide groups is 1. The van der Waals surface area contributed by atoms with Gasteiger partial charge >= 0.3 is 5.97 Å². The summed E-state index contributed by atoms with van der Waals surface area (Å²) in [6.07, 6.45) is 0. The van der Waals surface area contributed by atoms with Crippen LogP contribution < -0.4 is 0 Å². The fourth-order valence-electron chi connectivity index (χ4n) is 2.43. The number of carbonyl (C=O) groups excluding carboxylic acids is 3. The minimum atomic E-state index is -0.599. The van der Waals surface area contributed by atoms with Crippen molar-refractivity contribution in [1.29, 1.82) is 0 Å². The van der Waals surface area contributed by atoms with Crippen LogP contribution in [0.5, 0.6) is 0 Å². The van der Waals surface area contributed by atoms with Gasteiger partial charge in [0.05, 0.1) is 17.0 Å². The van der Waals surface area contributed by atoms with Gasteiger partial charge in [-0.1, -0.05) is 54.5 Å². The van der Waals surface area contributed by atoms with Crippen molar-refractivity contribution in [2.75, 3.05) is 5.75 Å². The molecule has 1 aliphatic heterocycles. The summed E-state index contributed by atoms with van der Waals surface area (Å²) in [5, 5.41) is 0.561. The Kier molecular flexibility index (Phi) is 5.19. The molecule has 1 atom stereocenters. The zero-order valence-electron chi connectivity index (χ0n) is 13.7. The van der Waals surface area contributed by atoms with E-state index < -0.39 is 23.7 Å². The second-order valence-corrected chi connectivity index (χ2v) is 6.79. The van der Waals surface area contributed by atoms with Crippen LogP contribution in [0.2, 0.25) is 0 Å². The fraction of sp³-hybridized carbons (Fsp3) is 0.211. The molecule has 0 spiro atoms. The number of hydrogen-bond acceptors (Lipinski definition) is 5. The number of benzene rings is 2. The highest BCUT2D eigenvalue weighted by atomic mass is 32.2. The van der Waals surface area contributed by atoms with E-state index in [4.69, 9.17) is 4.84 Å². The Morgan fingerprint density at radius 1 is 1.00 bits per heavy atom. The minimum Gasteiger partial charge on any atom is -0.329 e. The fourth-order valence-corrected chi connectivity index (χ4v) is 3.46. The topological polar surface area (TPSA) is 63.7 Å². The third-order valence-electron chi connectivity index (χ3n) is 3.82. The zero-order chi connectivity index (χ0) is 17.8. The number of nitrogens with zero attached hydrogens (tertiary/aromatic N) is 1. The molecular weight excluding hydrogens is 338 g/mol. The number of hydroxylamine groups is 2. The smallest absolute Gasteiger partial charge is 0.329 e. The molecule has 0 aromatic heterocycles. The Labute approximate surface area is 149 Å². The zero-order valence-corrected chi connectivity index (χ0v) is 14.5. The lowest BCUT2D eigenvalue weighted by atomic mass is 10.1. The molecule has 128 valence electrons. The number of rotatable bonds is 6. The first-order valence-electron chi connectivity index (χ1n) is 7.89. The lowest BCUT2D eigenvalue weighted by Crippen LogP contribution is -2.35. The molecule has 0 saturated heterocycles. The van der Waals surface area contributed by atoms with Gasteiger partial charge in [-0.25, -0.2) is 4.79 Å². The summed E-state index contributed by atoms with van der Waals surface area (Å²) in [4.78, 5) is 41.6. The summed E-state index contributed by atoms with van der Waals surface area (Å²) < 4.78 is 0. The highest BCUT2D eigenvalue weighted by Gasteiger charge is 2.39. The summed E-state index contributed by atoms with van der Waals surface area (Å²) in [6.45, 7) is 1.72. The normalized spacial score (nSPS) is 14.4. The van der Waals surface area contributed by atoms with Crippen molar-refractivity contribution in [3.8, 4) is 0 Å². The Morgan fingerprint density at radius 3 is 2.16 bits per heavy atom. The predicted octanol–water partition coefficient (Wildman–Crippen LogP) is 3.31. The van der Waals surface area contributed by atoms with Crippen molar-refractivity contribution in [1.82, 2.24) is 5.06 Å². The minimum absolute atomic E-state index is 0.256. The van der Waals surface area contributed by atoms with Gasteiger partial charge in [0.1, 0.15) is 0 Å². The average Bonchev–Trinajstić information content (AvgIpc) is 2.88. The maximum atomic E-state index is 12.2. The van der Waals surface area contributed by atoms with Gasteiger partial charge in [-0.3, -0.25) is 9.59 Å². The number of amides is 2. The molecule has 1 heterocycles. The van der Waals surface area contributed by atoms with E-state index in [-0.39, 0.29) is 11.1 Å². The van der Waals surface area contributed by atoms with Gasteiger partial charge in [0, 0.05) is 11.5 Å². The van der Waals surface area contributed by atoms with Crippen molar-refractivity contribution in [2.24, 2.45) is 5.92 Å². The van der Waals surface area contributed by atoms with Crippen LogP contribution in [0.25, 0.3) is 0 Å². The molecule has 25 heavy (non-hydrogen) atoms. The van der Waals surface area contributed by atoms with Crippen LogP contribution in [-0.2, 0) is 15.4 Å². The first-order chi connectivity index (χ1) is 12.1. The number of thioether (sulfide) groups is 1. The van der Waals surface area contributed by atoms with E-state index in [1.807, 2.05) is 30.3 Å². The van der Waals surface area contributed by atoms with Crippen LogP contribution in [-0.4, -0.2) is 28.6 Å². The average molecular weight is 355 g/mol. The van der Waals surface area contributed by atoms with Gasteiger partial charge in [0.2, 0.25) is 0 Å². The molecule has 0 radical (unpaired) electrons. The van der Waals surface area contributed by atoms with Gasteiger partial charge < -0.3 is 4.84 Å². The number of fused-ring (bicyclic) bond motifs is 1. The lowest BCUT2D eigenvalue weighted by Gasteiger charge is -2.16. The molecule has 0 N–H and O–H groups in total. The van der Waals surface area contributed by atoms with E-state index in [1.165, 1.54) is 5.56 Å². The highest BCUT2D eigenvalue weighted by molar-refractivity contribution is 7.98. The van der Waals surface area contributed by atoms with Gasteiger partial charge in [0.25, 0.3) is 11.8 Å². The molecule has 5 nitrogen and oxygen atoms in total. The molecule has 0 fully saturated rings. The van der Waals surface area contributed by atoms with Crippen LogP contribution in [0.4, 0.5) is 0 Å². The van der Waals surface area contributed by atoms with E-state index >= 15 is 0 Å². The SMILES string of the molecule is CC(CSCc1ccccc1)C(=O)ON1C(=O)c2ccccc2C1=O. The van der Waals surface area contributed by atoms with Gasteiger partial charge in [-0.05, 0) is 17.7 Å². The summed E-state index contributed by atoms with van der Waals surface area (Å²) >= 11 is 1.60. The molecule has 2 aromatic rings. The first kappa shape index (κ1) is 17.2. The van der Waals surface area contributed by atoms with Crippen molar-refractivity contribution in [3.63, 3.8) is 0 Å². The quantitative estimate of drug-likeness (QED) is 0.744. The maximum Gasteiger partial charge on any atom is 0.336 e. The molecule has 0 aliphatic carbocycles. The van der Waals surface area contributed by atoms with Crippen molar-refractivity contribution in [2.45, 2.75) is 12.7 Å².